The zero-order valence-corrected chi connectivity index (χ0v) is 15.9. The van der Waals surface area contributed by atoms with E-state index in [1.54, 1.807) is 36.4 Å². The van der Waals surface area contributed by atoms with Crippen molar-refractivity contribution in [2.75, 3.05) is 24.4 Å². The molecule has 5 nitrogen and oxygen atoms in total. The Morgan fingerprint density at radius 2 is 1.58 bits per heavy atom. The van der Waals surface area contributed by atoms with Crippen LogP contribution in [-0.2, 0) is 10.0 Å². The van der Waals surface area contributed by atoms with Crippen LogP contribution in [0.25, 0.3) is 0 Å². The first-order chi connectivity index (χ1) is 12.4. The van der Waals surface area contributed by atoms with E-state index >= 15 is 0 Å². The van der Waals surface area contributed by atoms with E-state index in [1.165, 1.54) is 23.5 Å². The maximum atomic E-state index is 12.8. The maximum absolute atomic E-state index is 12.8. The zero-order valence-electron chi connectivity index (χ0n) is 15.1. The second kappa shape index (κ2) is 7.50. The summed E-state index contributed by atoms with van der Waals surface area (Å²) >= 11 is 0. The summed E-state index contributed by atoms with van der Waals surface area (Å²) in [4.78, 5) is 14.6. The smallest absolute Gasteiger partial charge is 0.264 e. The summed E-state index contributed by atoms with van der Waals surface area (Å²) in [6.07, 6.45) is 2.03. The van der Waals surface area contributed by atoms with Crippen molar-refractivity contribution in [3.63, 3.8) is 0 Å². The molecule has 1 aliphatic rings. The van der Waals surface area contributed by atoms with Gasteiger partial charge in [0.2, 0.25) is 0 Å². The number of carbonyl (C=O) groups is 1. The molecule has 1 aliphatic heterocycles. The molecule has 1 amide bonds. The van der Waals surface area contributed by atoms with Gasteiger partial charge in [-0.15, -0.1) is 0 Å². The van der Waals surface area contributed by atoms with E-state index < -0.39 is 10.0 Å². The molecular weight excluding hydrogens is 348 g/mol. The molecule has 6 heteroatoms. The minimum Gasteiger partial charge on any atom is -0.339 e. The molecule has 0 atom stereocenters. The highest BCUT2D eigenvalue weighted by Crippen LogP contribution is 2.23. The number of benzene rings is 2. The summed E-state index contributed by atoms with van der Waals surface area (Å²) in [6.45, 7) is 3.72. The van der Waals surface area contributed by atoms with Crippen LogP contribution in [-0.4, -0.2) is 39.4 Å². The molecule has 0 bridgehead atoms. The van der Waals surface area contributed by atoms with E-state index in [9.17, 15) is 13.2 Å². The molecule has 138 valence electrons. The molecule has 2 aromatic carbocycles. The normalized spacial score (nSPS) is 15.7. The number of anilines is 1. The number of piperidine rings is 1. The standard InChI is InChI=1S/C20H24N2O3S/c1-16-12-14-22(15-13-16)20(23)17-8-10-19(11-9-17)26(24,25)21(2)18-6-4-3-5-7-18/h3-11,16H,12-15H2,1-2H3. The third-order valence-electron chi connectivity index (χ3n) is 4.95. The summed E-state index contributed by atoms with van der Waals surface area (Å²) in [5.74, 6) is 0.623. The van der Waals surface area contributed by atoms with Crippen LogP contribution in [0.5, 0.6) is 0 Å². The van der Waals surface area contributed by atoms with E-state index in [0.29, 0.717) is 17.2 Å². The highest BCUT2D eigenvalue weighted by molar-refractivity contribution is 7.92. The lowest BCUT2D eigenvalue weighted by Gasteiger charge is -2.30. The molecule has 0 aliphatic carbocycles. The maximum Gasteiger partial charge on any atom is 0.264 e. The lowest BCUT2D eigenvalue weighted by molar-refractivity contribution is 0.0697. The molecule has 0 N–H and O–H groups in total. The Bertz CT molecular complexity index is 856. The second-order valence-electron chi connectivity index (χ2n) is 6.81. The molecule has 1 fully saturated rings. The van der Waals surface area contributed by atoms with Crippen molar-refractivity contribution >= 4 is 21.6 Å². The van der Waals surface area contributed by atoms with Gasteiger partial charge in [-0.2, -0.15) is 0 Å². The third kappa shape index (κ3) is 3.75. The van der Waals surface area contributed by atoms with E-state index in [4.69, 9.17) is 0 Å². The highest BCUT2D eigenvalue weighted by Gasteiger charge is 2.24. The van der Waals surface area contributed by atoms with Gasteiger partial charge in [0.15, 0.2) is 0 Å². The average Bonchev–Trinajstić information content (AvgIpc) is 2.68. The number of sulfonamides is 1. The van der Waals surface area contributed by atoms with E-state index in [0.717, 1.165) is 25.9 Å². The van der Waals surface area contributed by atoms with Crippen LogP contribution in [0.3, 0.4) is 0 Å². The molecule has 0 unspecified atom stereocenters. The van der Waals surface area contributed by atoms with Gasteiger partial charge in [0.05, 0.1) is 10.6 Å². The molecule has 1 saturated heterocycles. The van der Waals surface area contributed by atoms with Gasteiger partial charge in [0, 0.05) is 25.7 Å². The molecular formula is C20H24N2O3S. The molecule has 1 heterocycles. The first-order valence-electron chi connectivity index (χ1n) is 8.83. The zero-order chi connectivity index (χ0) is 18.7. The van der Waals surface area contributed by atoms with Crippen LogP contribution in [0, 0.1) is 5.92 Å². The summed E-state index contributed by atoms with van der Waals surface area (Å²) in [6, 6.07) is 15.1. The van der Waals surface area contributed by atoms with E-state index in [2.05, 4.69) is 6.92 Å². The minimum absolute atomic E-state index is 0.0303. The van der Waals surface area contributed by atoms with Gasteiger partial charge in [-0.25, -0.2) is 8.42 Å². The number of amides is 1. The molecule has 0 spiro atoms. The van der Waals surface area contributed by atoms with Gasteiger partial charge in [-0.05, 0) is 55.2 Å². The first kappa shape index (κ1) is 18.5. The average molecular weight is 372 g/mol. The number of hydrogen-bond donors (Lipinski definition) is 0. The SMILES string of the molecule is CC1CCN(C(=O)c2ccc(S(=O)(=O)N(C)c3ccccc3)cc2)CC1. The Morgan fingerprint density at radius 3 is 2.15 bits per heavy atom. The Balaban J connectivity index is 1.77. The largest absolute Gasteiger partial charge is 0.339 e. The predicted octanol–water partition coefficient (Wildman–Crippen LogP) is 3.38. The quantitative estimate of drug-likeness (QED) is 0.827. The Morgan fingerprint density at radius 1 is 1.00 bits per heavy atom. The lowest BCUT2D eigenvalue weighted by Crippen LogP contribution is -2.37. The number of hydrogen-bond acceptors (Lipinski definition) is 3. The Labute approximate surface area is 155 Å². The van der Waals surface area contributed by atoms with Crippen LogP contribution >= 0.6 is 0 Å². The Hall–Kier alpha value is -2.34. The number of likely N-dealkylation sites (tertiary alicyclic amines) is 1. The highest BCUT2D eigenvalue weighted by atomic mass is 32.2. The fraction of sp³-hybridized carbons (Fsp3) is 0.350. The number of carbonyl (C=O) groups excluding carboxylic acids is 1. The molecule has 3 rings (SSSR count). The monoisotopic (exact) mass is 372 g/mol. The molecule has 0 saturated carbocycles. The van der Waals surface area contributed by atoms with Crippen molar-refractivity contribution in [1.82, 2.24) is 4.90 Å². The van der Waals surface area contributed by atoms with Crippen molar-refractivity contribution in [2.24, 2.45) is 5.92 Å². The second-order valence-corrected chi connectivity index (χ2v) is 8.78. The van der Waals surface area contributed by atoms with Crippen LogP contribution in [0.4, 0.5) is 5.69 Å². The Kier molecular flexibility index (Phi) is 5.32. The fourth-order valence-corrected chi connectivity index (χ4v) is 4.29. The summed E-state index contributed by atoms with van der Waals surface area (Å²) in [5, 5.41) is 0. The van der Waals surface area contributed by atoms with Crippen LogP contribution in [0.2, 0.25) is 0 Å². The van der Waals surface area contributed by atoms with Crippen molar-refractivity contribution in [3.8, 4) is 0 Å². The molecule has 0 aromatic heterocycles. The van der Waals surface area contributed by atoms with Gasteiger partial charge in [-0.3, -0.25) is 9.10 Å². The van der Waals surface area contributed by atoms with Crippen molar-refractivity contribution < 1.29 is 13.2 Å². The van der Waals surface area contributed by atoms with Gasteiger partial charge in [-0.1, -0.05) is 25.1 Å². The summed E-state index contributed by atoms with van der Waals surface area (Å²) in [7, 11) is -2.13. The van der Waals surface area contributed by atoms with E-state index in [-0.39, 0.29) is 10.8 Å². The topological polar surface area (TPSA) is 57.7 Å². The molecule has 0 radical (unpaired) electrons. The van der Waals surface area contributed by atoms with Crippen LogP contribution in [0.15, 0.2) is 59.5 Å². The minimum atomic E-state index is -3.66. The number of para-hydroxylation sites is 1. The lowest BCUT2D eigenvalue weighted by atomic mass is 9.98. The van der Waals surface area contributed by atoms with Crippen LogP contribution < -0.4 is 4.31 Å². The van der Waals surface area contributed by atoms with Gasteiger partial charge < -0.3 is 4.90 Å². The van der Waals surface area contributed by atoms with Crippen LogP contribution in [0.1, 0.15) is 30.1 Å². The fourth-order valence-electron chi connectivity index (χ4n) is 3.10. The van der Waals surface area contributed by atoms with E-state index in [1.807, 2.05) is 11.0 Å². The molecule has 26 heavy (non-hydrogen) atoms. The first-order valence-corrected chi connectivity index (χ1v) is 10.3. The summed E-state index contributed by atoms with van der Waals surface area (Å²) in [5.41, 5.74) is 1.12. The number of rotatable bonds is 4. The van der Waals surface area contributed by atoms with Crippen molar-refractivity contribution in [1.29, 1.82) is 0 Å². The summed E-state index contributed by atoms with van der Waals surface area (Å²) < 4.78 is 26.8. The van der Waals surface area contributed by atoms with Gasteiger partial charge in [0.25, 0.3) is 15.9 Å². The predicted molar refractivity (Wildman–Crippen MR) is 103 cm³/mol. The molecule has 2 aromatic rings. The number of nitrogens with zero attached hydrogens (tertiary/aromatic N) is 2. The third-order valence-corrected chi connectivity index (χ3v) is 6.75. The van der Waals surface area contributed by atoms with Gasteiger partial charge in [0.1, 0.15) is 0 Å². The van der Waals surface area contributed by atoms with Crippen molar-refractivity contribution in [2.45, 2.75) is 24.7 Å². The van der Waals surface area contributed by atoms with Gasteiger partial charge >= 0.3 is 0 Å². The van der Waals surface area contributed by atoms with Crippen molar-refractivity contribution in [3.05, 3.63) is 60.2 Å².